The first kappa shape index (κ1) is 23.4. The summed E-state index contributed by atoms with van der Waals surface area (Å²) in [6.45, 7) is 1.57. The molecular formula is C33H24N4OS. The summed E-state index contributed by atoms with van der Waals surface area (Å²) in [5.41, 5.74) is 5.73. The molecule has 5 aromatic rings. The van der Waals surface area contributed by atoms with Gasteiger partial charge in [-0.15, -0.1) is 0 Å². The van der Waals surface area contributed by atoms with Gasteiger partial charge in [0.25, 0.3) is 0 Å². The Morgan fingerprint density at radius 3 is 1.92 bits per heavy atom. The molecule has 6 heteroatoms. The molecule has 2 heterocycles. The molecule has 0 aromatic heterocycles. The van der Waals surface area contributed by atoms with Crippen molar-refractivity contribution in [2.45, 2.75) is 11.9 Å². The van der Waals surface area contributed by atoms with Crippen molar-refractivity contribution >= 4 is 50.4 Å². The lowest BCUT2D eigenvalue weighted by Crippen LogP contribution is -2.54. The van der Waals surface area contributed by atoms with Crippen LogP contribution in [-0.4, -0.2) is 16.5 Å². The van der Waals surface area contributed by atoms with Gasteiger partial charge in [0.1, 0.15) is 0 Å². The van der Waals surface area contributed by atoms with Crippen LogP contribution in [0.25, 0.3) is 10.8 Å². The number of hydrazone groups is 2. The van der Waals surface area contributed by atoms with Crippen molar-refractivity contribution in [1.82, 2.24) is 0 Å². The van der Waals surface area contributed by atoms with Gasteiger partial charge < -0.3 is 0 Å². The van der Waals surface area contributed by atoms with Crippen molar-refractivity contribution in [3.05, 3.63) is 144 Å². The van der Waals surface area contributed by atoms with E-state index in [0.29, 0.717) is 5.04 Å². The maximum Gasteiger partial charge on any atom is 0.234 e. The molecule has 1 spiro atoms. The molecule has 0 radical (unpaired) electrons. The maximum atomic E-state index is 12.8. The van der Waals surface area contributed by atoms with Crippen molar-refractivity contribution in [3.63, 3.8) is 0 Å². The Balaban J connectivity index is 1.56. The quantitative estimate of drug-likeness (QED) is 0.246. The molecule has 0 amide bonds. The number of thioether (sulfide) groups is 1. The number of rotatable bonds is 4. The van der Waals surface area contributed by atoms with Crippen LogP contribution in [0.1, 0.15) is 23.6 Å². The van der Waals surface area contributed by atoms with E-state index in [4.69, 9.17) is 10.2 Å². The largest absolute Gasteiger partial charge is 0.292 e. The highest BCUT2D eigenvalue weighted by molar-refractivity contribution is 8.17. The first-order valence-corrected chi connectivity index (χ1v) is 13.6. The van der Waals surface area contributed by atoms with E-state index in [2.05, 4.69) is 66.7 Å². The second-order valence-corrected chi connectivity index (χ2v) is 10.6. The minimum atomic E-state index is -0.950. The summed E-state index contributed by atoms with van der Waals surface area (Å²) in [5, 5.41) is 17.0. The molecule has 0 N–H and O–H groups in total. The van der Waals surface area contributed by atoms with E-state index in [-0.39, 0.29) is 5.78 Å². The Morgan fingerprint density at radius 2 is 1.21 bits per heavy atom. The standard InChI is InChI=1S/C33H24N4OS/c1-23(38)32-35-37(26-17-6-3-7-18-26)33(39-32)30-22-11-10-20-29(30)31(34-36(33)25-15-4-2-5-16-25)28-21-12-14-24-13-8-9-19-27(24)28/h2-22H,1H3/t33-/m1/s1. The second-order valence-electron chi connectivity index (χ2n) is 9.49. The SMILES string of the molecule is CC(=O)C1=NN(c2ccccc2)[C@@]2(S1)c1ccccc1C(c1cccc3ccccc13)=NN2c1ccccc1. The molecule has 2 aliphatic heterocycles. The van der Waals surface area contributed by atoms with Crippen molar-refractivity contribution in [2.24, 2.45) is 10.2 Å². The smallest absolute Gasteiger partial charge is 0.234 e. The van der Waals surface area contributed by atoms with Crippen molar-refractivity contribution in [1.29, 1.82) is 0 Å². The van der Waals surface area contributed by atoms with Gasteiger partial charge in [0.2, 0.25) is 4.99 Å². The fourth-order valence-electron chi connectivity index (χ4n) is 5.35. The lowest BCUT2D eigenvalue weighted by molar-refractivity contribution is -0.110. The van der Waals surface area contributed by atoms with Gasteiger partial charge in [-0.2, -0.15) is 10.2 Å². The van der Waals surface area contributed by atoms with Gasteiger partial charge in [0.15, 0.2) is 10.8 Å². The number of hydrogen-bond acceptors (Lipinski definition) is 6. The van der Waals surface area contributed by atoms with Crippen LogP contribution in [0.5, 0.6) is 0 Å². The van der Waals surface area contributed by atoms with Crippen molar-refractivity contribution in [3.8, 4) is 0 Å². The molecule has 0 unspecified atom stereocenters. The zero-order chi connectivity index (χ0) is 26.4. The maximum absolute atomic E-state index is 12.8. The van der Waals surface area contributed by atoms with Crippen molar-refractivity contribution in [2.75, 3.05) is 10.0 Å². The fraction of sp³-hybridized carbons (Fsp3) is 0.0606. The first-order chi connectivity index (χ1) is 19.2. The third-order valence-corrected chi connectivity index (χ3v) is 8.50. The summed E-state index contributed by atoms with van der Waals surface area (Å²) in [7, 11) is 0. The molecule has 7 rings (SSSR count). The molecule has 39 heavy (non-hydrogen) atoms. The van der Waals surface area contributed by atoms with Gasteiger partial charge in [-0.05, 0) is 46.8 Å². The van der Waals surface area contributed by atoms with E-state index in [9.17, 15) is 4.79 Å². The van der Waals surface area contributed by atoms with Crippen LogP contribution in [0.4, 0.5) is 11.4 Å². The molecule has 5 nitrogen and oxygen atoms in total. The fourth-order valence-corrected chi connectivity index (χ4v) is 6.63. The molecule has 0 aliphatic carbocycles. The summed E-state index contributed by atoms with van der Waals surface area (Å²) in [6.07, 6.45) is 0. The minimum absolute atomic E-state index is 0.0767. The third-order valence-electron chi connectivity index (χ3n) is 7.08. The predicted octanol–water partition coefficient (Wildman–Crippen LogP) is 7.38. The van der Waals surface area contributed by atoms with Crippen LogP contribution in [0, 0.1) is 0 Å². The normalized spacial score (nSPS) is 18.2. The van der Waals surface area contributed by atoms with Crippen LogP contribution >= 0.6 is 11.8 Å². The number of anilines is 2. The van der Waals surface area contributed by atoms with Crippen LogP contribution in [0.15, 0.2) is 138 Å². The van der Waals surface area contributed by atoms with Crippen LogP contribution in [-0.2, 0) is 9.79 Å². The van der Waals surface area contributed by atoms with Crippen molar-refractivity contribution < 1.29 is 4.79 Å². The molecule has 188 valence electrons. The average molecular weight is 525 g/mol. The van der Waals surface area contributed by atoms with Gasteiger partial charge in [-0.3, -0.25) is 4.79 Å². The Morgan fingerprint density at radius 1 is 0.641 bits per heavy atom. The van der Waals surface area contributed by atoms with Crippen LogP contribution in [0.3, 0.4) is 0 Å². The van der Waals surface area contributed by atoms with Gasteiger partial charge >= 0.3 is 0 Å². The zero-order valence-corrected chi connectivity index (χ0v) is 22.0. The predicted molar refractivity (Wildman–Crippen MR) is 161 cm³/mol. The number of nitrogens with zero attached hydrogens (tertiary/aromatic N) is 4. The highest BCUT2D eigenvalue weighted by atomic mass is 32.2. The number of hydrogen-bond donors (Lipinski definition) is 0. The Kier molecular flexibility index (Phi) is 5.56. The van der Waals surface area contributed by atoms with Crippen LogP contribution in [0.2, 0.25) is 0 Å². The Labute approximate surface area is 231 Å². The number of ketones is 1. The summed E-state index contributed by atoms with van der Waals surface area (Å²) >= 11 is 1.44. The zero-order valence-electron chi connectivity index (χ0n) is 21.2. The van der Waals surface area contributed by atoms with Gasteiger partial charge in [-0.25, -0.2) is 10.0 Å². The number of benzene rings is 5. The molecule has 5 aromatic carbocycles. The minimum Gasteiger partial charge on any atom is -0.292 e. The summed E-state index contributed by atoms with van der Waals surface area (Å²) in [5.74, 6) is -0.0767. The number of fused-ring (bicyclic) bond motifs is 3. The Bertz CT molecular complexity index is 1780. The second kappa shape index (κ2) is 9.26. The van der Waals surface area contributed by atoms with E-state index >= 15 is 0 Å². The van der Waals surface area contributed by atoms with E-state index in [1.54, 1.807) is 6.92 Å². The number of para-hydroxylation sites is 2. The lowest BCUT2D eigenvalue weighted by Gasteiger charge is -2.47. The van der Waals surface area contributed by atoms with E-state index in [0.717, 1.165) is 44.5 Å². The van der Waals surface area contributed by atoms with E-state index < -0.39 is 4.99 Å². The van der Waals surface area contributed by atoms with Crippen LogP contribution < -0.4 is 10.0 Å². The molecule has 0 saturated carbocycles. The monoisotopic (exact) mass is 524 g/mol. The topological polar surface area (TPSA) is 48.3 Å². The van der Waals surface area contributed by atoms with Gasteiger partial charge in [0.05, 0.1) is 17.1 Å². The average Bonchev–Trinajstić information content (AvgIpc) is 3.40. The molecule has 0 fully saturated rings. The number of carbonyl (C=O) groups excluding carboxylic acids is 1. The summed E-state index contributed by atoms with van der Waals surface area (Å²) < 4.78 is 0. The molecule has 2 aliphatic rings. The highest BCUT2D eigenvalue weighted by Gasteiger charge is 2.55. The molecule has 0 saturated heterocycles. The van der Waals surface area contributed by atoms with Gasteiger partial charge in [-0.1, -0.05) is 103 Å². The molecule has 0 bridgehead atoms. The number of carbonyl (C=O) groups is 1. The summed E-state index contributed by atoms with van der Waals surface area (Å²) in [4.78, 5) is 11.9. The van der Waals surface area contributed by atoms with E-state index in [1.165, 1.54) is 11.8 Å². The summed E-state index contributed by atoms with van der Waals surface area (Å²) in [6, 6.07) is 43.2. The lowest BCUT2D eigenvalue weighted by atomic mass is 9.91. The highest BCUT2D eigenvalue weighted by Crippen LogP contribution is 2.55. The third kappa shape index (κ3) is 3.67. The molecule has 1 atom stereocenters. The van der Waals surface area contributed by atoms with Gasteiger partial charge in [0, 0.05) is 23.6 Å². The first-order valence-electron chi connectivity index (χ1n) is 12.8. The Hall–Kier alpha value is -4.68. The molecular weight excluding hydrogens is 500 g/mol. The van der Waals surface area contributed by atoms with E-state index in [1.807, 2.05) is 70.7 Å². The number of Topliss-reactive ketones (excluding diaryl/α,β-unsaturated/α-hetero) is 1.